The normalized spacial score (nSPS) is 22.7. The SMILES string of the molecule is CC(=O)n1nc(C)c2cc(C(=O)C3C(=O)OC(C)(C)OC3O)ccc21. The van der Waals surface area contributed by atoms with Gasteiger partial charge in [-0.3, -0.25) is 14.4 Å². The van der Waals surface area contributed by atoms with Gasteiger partial charge in [-0.2, -0.15) is 5.10 Å². The highest BCUT2D eigenvalue weighted by Gasteiger charge is 2.46. The summed E-state index contributed by atoms with van der Waals surface area (Å²) in [7, 11) is 0. The van der Waals surface area contributed by atoms with E-state index in [-0.39, 0.29) is 11.5 Å². The molecule has 1 saturated heterocycles. The Kier molecular flexibility index (Phi) is 3.97. The third-order valence-corrected chi connectivity index (χ3v) is 4.02. The van der Waals surface area contributed by atoms with Crippen LogP contribution in [0.2, 0.25) is 0 Å². The average Bonchev–Trinajstić information content (AvgIpc) is 2.82. The van der Waals surface area contributed by atoms with Gasteiger partial charge in [-0.25, -0.2) is 4.68 Å². The Morgan fingerprint density at radius 1 is 1.32 bits per heavy atom. The van der Waals surface area contributed by atoms with E-state index in [0.717, 1.165) is 0 Å². The number of benzene rings is 1. The van der Waals surface area contributed by atoms with Crippen LogP contribution in [0.4, 0.5) is 0 Å². The maximum Gasteiger partial charge on any atom is 0.324 e. The Hall–Kier alpha value is -2.58. The molecule has 2 atom stereocenters. The number of esters is 1. The number of ether oxygens (including phenoxy) is 2. The lowest BCUT2D eigenvalue weighted by molar-refractivity contribution is -0.308. The van der Waals surface area contributed by atoms with E-state index in [1.807, 2.05) is 0 Å². The van der Waals surface area contributed by atoms with Gasteiger partial charge in [0.05, 0.1) is 11.2 Å². The highest BCUT2D eigenvalue weighted by Crippen LogP contribution is 2.29. The van der Waals surface area contributed by atoms with Gasteiger partial charge in [0.1, 0.15) is 0 Å². The summed E-state index contributed by atoms with van der Waals surface area (Å²) in [5.74, 6) is -4.47. The fourth-order valence-electron chi connectivity index (χ4n) is 2.88. The van der Waals surface area contributed by atoms with Gasteiger partial charge in [-0.15, -0.1) is 0 Å². The van der Waals surface area contributed by atoms with Crippen molar-refractivity contribution < 1.29 is 29.0 Å². The molecule has 0 spiro atoms. The van der Waals surface area contributed by atoms with Crippen LogP contribution >= 0.6 is 0 Å². The van der Waals surface area contributed by atoms with Crippen LogP contribution in [0.1, 0.15) is 41.6 Å². The molecule has 2 aromatic rings. The number of rotatable bonds is 2. The molecule has 1 aromatic heterocycles. The maximum absolute atomic E-state index is 12.7. The van der Waals surface area contributed by atoms with Gasteiger partial charge in [-0.05, 0) is 25.1 Å². The van der Waals surface area contributed by atoms with Crippen molar-refractivity contribution in [3.63, 3.8) is 0 Å². The van der Waals surface area contributed by atoms with Crippen molar-refractivity contribution in [2.75, 3.05) is 0 Å². The van der Waals surface area contributed by atoms with E-state index in [4.69, 9.17) is 9.47 Å². The molecule has 1 aliphatic rings. The fraction of sp³-hybridized carbons (Fsp3) is 0.412. The molecule has 8 heteroatoms. The smallest absolute Gasteiger partial charge is 0.324 e. The number of cyclic esters (lactones) is 1. The molecule has 1 N–H and O–H groups in total. The second kappa shape index (κ2) is 5.75. The predicted molar refractivity (Wildman–Crippen MR) is 85.9 cm³/mol. The molecule has 3 rings (SSSR count). The lowest BCUT2D eigenvalue weighted by atomic mass is 9.95. The van der Waals surface area contributed by atoms with Gasteiger partial charge in [-0.1, -0.05) is 0 Å². The first kappa shape index (κ1) is 17.2. The molecular weight excluding hydrogens is 328 g/mol. The van der Waals surface area contributed by atoms with Crippen molar-refractivity contribution >= 4 is 28.6 Å². The standard InChI is InChI=1S/C17H18N2O6/c1-8-11-7-10(5-6-12(11)19(18-8)9(2)20)14(21)13-15(22)24-17(3,4)25-16(13)23/h5-7,13,15,22H,1-4H3. The van der Waals surface area contributed by atoms with Crippen molar-refractivity contribution in [1.82, 2.24) is 9.78 Å². The summed E-state index contributed by atoms with van der Waals surface area (Å²) in [5, 5.41) is 14.8. The van der Waals surface area contributed by atoms with E-state index in [9.17, 15) is 19.5 Å². The van der Waals surface area contributed by atoms with Gasteiger partial charge in [0.2, 0.25) is 11.7 Å². The van der Waals surface area contributed by atoms with Gasteiger partial charge >= 0.3 is 5.97 Å². The van der Waals surface area contributed by atoms with Crippen LogP contribution in [-0.4, -0.2) is 44.6 Å². The number of aromatic nitrogens is 2. The van der Waals surface area contributed by atoms with E-state index in [1.165, 1.54) is 31.5 Å². The fourth-order valence-corrected chi connectivity index (χ4v) is 2.88. The molecule has 1 aliphatic heterocycles. The van der Waals surface area contributed by atoms with Crippen molar-refractivity contribution in [1.29, 1.82) is 0 Å². The zero-order valence-electron chi connectivity index (χ0n) is 14.3. The summed E-state index contributed by atoms with van der Waals surface area (Å²) in [6.07, 6.45) is -1.60. The number of ketones is 1. The number of fused-ring (bicyclic) bond motifs is 1. The van der Waals surface area contributed by atoms with Crippen LogP contribution < -0.4 is 0 Å². The summed E-state index contributed by atoms with van der Waals surface area (Å²) in [5.41, 5.74) is 1.33. The topological polar surface area (TPSA) is 108 Å². The van der Waals surface area contributed by atoms with Crippen LogP contribution in [0, 0.1) is 12.8 Å². The number of hydrogen-bond donors (Lipinski definition) is 1. The largest absolute Gasteiger partial charge is 0.433 e. The first-order valence-corrected chi connectivity index (χ1v) is 7.74. The second-order valence-electron chi connectivity index (χ2n) is 6.42. The summed E-state index contributed by atoms with van der Waals surface area (Å²) in [6, 6.07) is 4.60. The van der Waals surface area contributed by atoms with Crippen molar-refractivity contribution in [3.05, 3.63) is 29.5 Å². The second-order valence-corrected chi connectivity index (χ2v) is 6.42. The molecule has 0 aliphatic carbocycles. The van der Waals surface area contributed by atoms with Crippen molar-refractivity contribution in [2.24, 2.45) is 5.92 Å². The van der Waals surface area contributed by atoms with Crippen LogP contribution in [0.5, 0.6) is 0 Å². The van der Waals surface area contributed by atoms with Crippen LogP contribution in [0.3, 0.4) is 0 Å². The van der Waals surface area contributed by atoms with E-state index in [2.05, 4.69) is 5.10 Å². The molecule has 0 radical (unpaired) electrons. The minimum absolute atomic E-state index is 0.197. The summed E-state index contributed by atoms with van der Waals surface area (Å²) in [6.45, 7) is 6.05. The van der Waals surface area contributed by atoms with Gasteiger partial charge in [0.25, 0.3) is 0 Å². The first-order chi connectivity index (χ1) is 11.6. The average molecular weight is 346 g/mol. The van der Waals surface area contributed by atoms with Gasteiger partial charge < -0.3 is 14.6 Å². The zero-order valence-corrected chi connectivity index (χ0v) is 14.3. The predicted octanol–water partition coefficient (Wildman–Crippen LogP) is 1.43. The molecule has 1 fully saturated rings. The summed E-state index contributed by atoms with van der Waals surface area (Å²) in [4.78, 5) is 36.4. The molecule has 1 aromatic carbocycles. The molecule has 2 unspecified atom stereocenters. The number of aliphatic hydroxyl groups excluding tert-OH is 1. The maximum atomic E-state index is 12.7. The number of carbonyl (C=O) groups excluding carboxylic acids is 3. The molecule has 25 heavy (non-hydrogen) atoms. The quantitative estimate of drug-likeness (QED) is 0.498. The Morgan fingerprint density at radius 3 is 2.60 bits per heavy atom. The van der Waals surface area contributed by atoms with E-state index in [1.54, 1.807) is 19.1 Å². The van der Waals surface area contributed by atoms with E-state index >= 15 is 0 Å². The van der Waals surface area contributed by atoms with Gasteiger partial charge in [0, 0.05) is 31.7 Å². The number of carbonyl (C=O) groups is 3. The Morgan fingerprint density at radius 2 is 2.00 bits per heavy atom. The minimum Gasteiger partial charge on any atom is -0.433 e. The number of Topliss-reactive ketones (excluding diaryl/α,β-unsaturated/α-hetero) is 1. The molecule has 8 nitrogen and oxygen atoms in total. The number of aliphatic hydroxyl groups is 1. The third-order valence-electron chi connectivity index (χ3n) is 4.02. The number of nitrogens with zero attached hydrogens (tertiary/aromatic N) is 2. The lowest BCUT2D eigenvalue weighted by Crippen LogP contribution is -2.51. The zero-order chi connectivity index (χ0) is 18.5. The molecule has 0 bridgehead atoms. The summed E-state index contributed by atoms with van der Waals surface area (Å²) < 4.78 is 11.5. The van der Waals surface area contributed by atoms with Gasteiger partial charge in [0.15, 0.2) is 18.0 Å². The minimum atomic E-state index is -1.60. The summed E-state index contributed by atoms with van der Waals surface area (Å²) >= 11 is 0. The number of aryl methyl sites for hydroxylation is 1. The van der Waals surface area contributed by atoms with E-state index < -0.39 is 29.7 Å². The van der Waals surface area contributed by atoms with Crippen LogP contribution in [-0.2, 0) is 14.3 Å². The third kappa shape index (κ3) is 2.94. The van der Waals surface area contributed by atoms with Crippen molar-refractivity contribution in [3.8, 4) is 0 Å². The highest BCUT2D eigenvalue weighted by molar-refractivity contribution is 6.11. The molecule has 0 saturated carbocycles. The first-order valence-electron chi connectivity index (χ1n) is 7.74. The Labute approximate surface area is 143 Å². The molecule has 2 heterocycles. The molecule has 0 amide bonds. The number of hydrogen-bond acceptors (Lipinski definition) is 7. The lowest BCUT2D eigenvalue weighted by Gasteiger charge is -2.36. The van der Waals surface area contributed by atoms with E-state index in [0.29, 0.717) is 16.6 Å². The molecule has 132 valence electrons. The molecular formula is C17H18N2O6. The monoisotopic (exact) mass is 346 g/mol. The van der Waals surface area contributed by atoms with Crippen LogP contribution in [0.15, 0.2) is 18.2 Å². The van der Waals surface area contributed by atoms with Crippen LogP contribution in [0.25, 0.3) is 10.9 Å². The Balaban J connectivity index is 1.99. The highest BCUT2D eigenvalue weighted by atomic mass is 16.8. The Bertz CT molecular complexity index is 898. The van der Waals surface area contributed by atoms with Crippen molar-refractivity contribution in [2.45, 2.75) is 39.8 Å².